The Hall–Kier alpha value is -1.33. The zero-order valence-corrected chi connectivity index (χ0v) is 11.0. The summed E-state index contributed by atoms with van der Waals surface area (Å²) in [5, 5.41) is 6.64. The number of nitrogens with one attached hydrogen (secondary N) is 2. The van der Waals surface area contributed by atoms with Gasteiger partial charge in [0.05, 0.1) is 13.2 Å². The van der Waals surface area contributed by atoms with Gasteiger partial charge < -0.3 is 15.4 Å². The molecule has 1 fully saturated rings. The molecule has 2 heterocycles. The highest BCUT2D eigenvalue weighted by molar-refractivity contribution is 5.51. The predicted octanol–water partition coefficient (Wildman–Crippen LogP) is 1.26. The monoisotopic (exact) mass is 250 g/mol. The summed E-state index contributed by atoms with van der Waals surface area (Å²) >= 11 is 0. The number of hydrogen-bond acceptors (Lipinski definition) is 5. The van der Waals surface area contributed by atoms with E-state index in [9.17, 15) is 0 Å². The zero-order valence-electron chi connectivity index (χ0n) is 11.0. The van der Waals surface area contributed by atoms with Crippen LogP contribution in [-0.2, 0) is 4.74 Å². The van der Waals surface area contributed by atoms with E-state index < -0.39 is 0 Å². The molecule has 1 saturated heterocycles. The van der Waals surface area contributed by atoms with Crippen LogP contribution in [0.25, 0.3) is 0 Å². The maximum Gasteiger partial charge on any atom is 0.127 e. The molecule has 0 spiro atoms. The molecule has 0 saturated carbocycles. The standard InChI is InChI=1S/C13H22N4O/c1-2-14-13-11-12(3-4-16-13)15-5-6-17-7-9-18-10-8-17/h3-4,11H,2,5-10H2,1H3,(H2,14,15,16). The Morgan fingerprint density at radius 3 is 2.94 bits per heavy atom. The number of ether oxygens (including phenoxy) is 1. The van der Waals surface area contributed by atoms with Crippen LogP contribution in [0.1, 0.15) is 6.92 Å². The molecule has 0 bridgehead atoms. The Morgan fingerprint density at radius 1 is 1.33 bits per heavy atom. The first kappa shape index (κ1) is 13.1. The minimum atomic E-state index is 0.861. The molecule has 2 rings (SSSR count). The van der Waals surface area contributed by atoms with Crippen molar-refractivity contribution in [3.8, 4) is 0 Å². The number of aromatic nitrogens is 1. The highest BCUT2D eigenvalue weighted by Crippen LogP contribution is 2.11. The van der Waals surface area contributed by atoms with Crippen molar-refractivity contribution in [3.63, 3.8) is 0 Å². The van der Waals surface area contributed by atoms with Crippen LogP contribution in [0.5, 0.6) is 0 Å². The number of nitrogens with zero attached hydrogens (tertiary/aromatic N) is 2. The lowest BCUT2D eigenvalue weighted by atomic mass is 10.3. The first-order valence-corrected chi connectivity index (χ1v) is 6.62. The molecule has 1 aliphatic heterocycles. The van der Waals surface area contributed by atoms with Crippen molar-refractivity contribution in [1.29, 1.82) is 0 Å². The number of pyridine rings is 1. The molecule has 5 heteroatoms. The van der Waals surface area contributed by atoms with Crippen molar-refractivity contribution in [2.45, 2.75) is 6.92 Å². The van der Waals surface area contributed by atoms with Gasteiger partial charge in [0.2, 0.25) is 0 Å². The van der Waals surface area contributed by atoms with Gasteiger partial charge in [-0.05, 0) is 13.0 Å². The van der Waals surface area contributed by atoms with Gasteiger partial charge in [-0.25, -0.2) is 4.98 Å². The van der Waals surface area contributed by atoms with E-state index in [-0.39, 0.29) is 0 Å². The molecule has 0 aromatic carbocycles. The Balaban J connectivity index is 1.73. The topological polar surface area (TPSA) is 49.4 Å². The van der Waals surface area contributed by atoms with Crippen molar-refractivity contribution in [1.82, 2.24) is 9.88 Å². The number of hydrogen-bond donors (Lipinski definition) is 2. The smallest absolute Gasteiger partial charge is 0.127 e. The van der Waals surface area contributed by atoms with Crippen LogP contribution in [0.3, 0.4) is 0 Å². The second-order valence-electron chi connectivity index (χ2n) is 4.34. The van der Waals surface area contributed by atoms with E-state index in [0.717, 1.165) is 57.4 Å². The van der Waals surface area contributed by atoms with Gasteiger partial charge in [0, 0.05) is 50.7 Å². The van der Waals surface area contributed by atoms with Gasteiger partial charge in [-0.15, -0.1) is 0 Å². The number of rotatable bonds is 6. The molecule has 18 heavy (non-hydrogen) atoms. The predicted molar refractivity (Wildman–Crippen MR) is 74.1 cm³/mol. The molecule has 0 aliphatic carbocycles. The van der Waals surface area contributed by atoms with Gasteiger partial charge in [-0.2, -0.15) is 0 Å². The van der Waals surface area contributed by atoms with Crippen LogP contribution in [0.15, 0.2) is 18.3 Å². The summed E-state index contributed by atoms with van der Waals surface area (Å²) in [5.41, 5.74) is 1.12. The Kier molecular flexibility index (Phi) is 5.23. The van der Waals surface area contributed by atoms with E-state index in [0.29, 0.717) is 0 Å². The van der Waals surface area contributed by atoms with Crippen LogP contribution >= 0.6 is 0 Å². The summed E-state index contributed by atoms with van der Waals surface area (Å²) in [6.07, 6.45) is 1.83. The van der Waals surface area contributed by atoms with Gasteiger partial charge in [0.15, 0.2) is 0 Å². The molecule has 5 nitrogen and oxygen atoms in total. The Morgan fingerprint density at radius 2 is 2.17 bits per heavy atom. The second kappa shape index (κ2) is 7.18. The molecule has 1 aliphatic rings. The molecule has 1 aromatic rings. The van der Waals surface area contributed by atoms with E-state index in [1.54, 1.807) is 0 Å². The molecule has 0 radical (unpaired) electrons. The first-order chi connectivity index (χ1) is 8.88. The highest BCUT2D eigenvalue weighted by Gasteiger charge is 2.09. The molecule has 2 N–H and O–H groups in total. The lowest BCUT2D eigenvalue weighted by molar-refractivity contribution is 0.0398. The van der Waals surface area contributed by atoms with Crippen molar-refractivity contribution in [2.24, 2.45) is 0 Å². The summed E-state index contributed by atoms with van der Waals surface area (Å²) in [5.74, 6) is 0.925. The van der Waals surface area contributed by atoms with E-state index in [2.05, 4.69) is 27.4 Å². The third-order valence-electron chi connectivity index (χ3n) is 2.98. The summed E-state index contributed by atoms with van der Waals surface area (Å²) in [4.78, 5) is 6.67. The third-order valence-corrected chi connectivity index (χ3v) is 2.98. The quantitative estimate of drug-likeness (QED) is 0.796. The Bertz CT molecular complexity index is 353. The molecule has 0 atom stereocenters. The number of morpholine rings is 1. The normalized spacial score (nSPS) is 16.5. The summed E-state index contributed by atoms with van der Waals surface area (Å²) in [6.45, 7) is 8.78. The van der Waals surface area contributed by atoms with Crippen molar-refractivity contribution in [3.05, 3.63) is 18.3 Å². The first-order valence-electron chi connectivity index (χ1n) is 6.62. The molecule has 0 unspecified atom stereocenters. The van der Waals surface area contributed by atoms with E-state index in [1.807, 2.05) is 18.3 Å². The van der Waals surface area contributed by atoms with Crippen molar-refractivity contribution in [2.75, 3.05) is 56.6 Å². The average molecular weight is 250 g/mol. The van der Waals surface area contributed by atoms with Gasteiger partial charge in [-0.1, -0.05) is 0 Å². The zero-order chi connectivity index (χ0) is 12.6. The lowest BCUT2D eigenvalue weighted by Gasteiger charge is -2.26. The van der Waals surface area contributed by atoms with Crippen LogP contribution in [0.4, 0.5) is 11.5 Å². The van der Waals surface area contributed by atoms with Gasteiger partial charge in [-0.3, -0.25) is 4.90 Å². The van der Waals surface area contributed by atoms with Gasteiger partial charge in [0.1, 0.15) is 5.82 Å². The van der Waals surface area contributed by atoms with Crippen molar-refractivity contribution < 1.29 is 4.74 Å². The average Bonchev–Trinajstić information content (AvgIpc) is 2.41. The third kappa shape index (κ3) is 4.16. The van der Waals surface area contributed by atoms with Gasteiger partial charge in [0.25, 0.3) is 0 Å². The molecule has 1 aromatic heterocycles. The second-order valence-corrected chi connectivity index (χ2v) is 4.34. The van der Waals surface area contributed by atoms with E-state index in [1.165, 1.54) is 0 Å². The van der Waals surface area contributed by atoms with E-state index in [4.69, 9.17) is 4.74 Å². The summed E-state index contributed by atoms with van der Waals surface area (Å²) in [6, 6.07) is 4.04. The maximum absolute atomic E-state index is 5.33. The SMILES string of the molecule is CCNc1cc(NCCN2CCOCC2)ccn1. The molecule has 0 amide bonds. The largest absolute Gasteiger partial charge is 0.384 e. The molecular formula is C13H22N4O. The minimum Gasteiger partial charge on any atom is -0.384 e. The van der Waals surface area contributed by atoms with Gasteiger partial charge >= 0.3 is 0 Å². The molecule has 100 valence electrons. The van der Waals surface area contributed by atoms with Crippen LogP contribution < -0.4 is 10.6 Å². The Labute approximate surface area is 109 Å². The lowest BCUT2D eigenvalue weighted by Crippen LogP contribution is -2.39. The maximum atomic E-state index is 5.33. The summed E-state index contributed by atoms with van der Waals surface area (Å²) in [7, 11) is 0. The summed E-state index contributed by atoms with van der Waals surface area (Å²) < 4.78 is 5.33. The van der Waals surface area contributed by atoms with Crippen LogP contribution in [0, 0.1) is 0 Å². The van der Waals surface area contributed by atoms with Crippen LogP contribution in [-0.4, -0.2) is 55.8 Å². The fraction of sp³-hybridized carbons (Fsp3) is 0.615. The van der Waals surface area contributed by atoms with E-state index >= 15 is 0 Å². The van der Waals surface area contributed by atoms with Crippen LogP contribution in [0.2, 0.25) is 0 Å². The number of anilines is 2. The van der Waals surface area contributed by atoms with Crippen molar-refractivity contribution >= 4 is 11.5 Å². The molecular weight excluding hydrogens is 228 g/mol. The fourth-order valence-electron chi connectivity index (χ4n) is 2.00. The minimum absolute atomic E-state index is 0.861. The highest BCUT2D eigenvalue weighted by atomic mass is 16.5. The fourth-order valence-corrected chi connectivity index (χ4v) is 2.00.